The summed E-state index contributed by atoms with van der Waals surface area (Å²) in [5.41, 5.74) is 3.73. The van der Waals surface area contributed by atoms with Gasteiger partial charge in [-0.15, -0.1) is 0 Å². The monoisotopic (exact) mass is 184 g/mol. The highest BCUT2D eigenvalue weighted by molar-refractivity contribution is 5.58. The van der Waals surface area contributed by atoms with Crippen molar-refractivity contribution < 1.29 is 0 Å². The van der Waals surface area contributed by atoms with Crippen LogP contribution in [-0.4, -0.2) is 6.54 Å². The SMILES string of the molecule is N#CC1(c2ccc3c(c2)CCN3)CC1. The van der Waals surface area contributed by atoms with Gasteiger partial charge in [0.2, 0.25) is 0 Å². The second-order valence-electron chi connectivity index (χ2n) is 4.24. The molecule has 70 valence electrons. The Balaban J connectivity index is 2.06. The van der Waals surface area contributed by atoms with Crippen molar-refractivity contribution in [1.29, 1.82) is 5.26 Å². The largest absolute Gasteiger partial charge is 0.384 e. The molecule has 0 atom stereocenters. The van der Waals surface area contributed by atoms with E-state index in [-0.39, 0.29) is 5.41 Å². The van der Waals surface area contributed by atoms with Gasteiger partial charge in [-0.3, -0.25) is 0 Å². The summed E-state index contributed by atoms with van der Waals surface area (Å²) in [6.45, 7) is 1.04. The molecule has 0 saturated heterocycles. The molecule has 2 heteroatoms. The van der Waals surface area contributed by atoms with Crippen molar-refractivity contribution in [2.45, 2.75) is 24.7 Å². The molecule has 2 aliphatic rings. The van der Waals surface area contributed by atoms with E-state index in [2.05, 4.69) is 29.6 Å². The van der Waals surface area contributed by atoms with E-state index in [9.17, 15) is 0 Å². The lowest BCUT2D eigenvalue weighted by atomic mass is 9.95. The third kappa shape index (κ3) is 0.957. The lowest BCUT2D eigenvalue weighted by Crippen LogP contribution is -2.02. The molecule has 1 N–H and O–H groups in total. The van der Waals surface area contributed by atoms with Gasteiger partial charge in [0.25, 0.3) is 0 Å². The second kappa shape index (κ2) is 2.51. The van der Waals surface area contributed by atoms with Gasteiger partial charge in [-0.1, -0.05) is 12.1 Å². The minimum absolute atomic E-state index is 0.127. The van der Waals surface area contributed by atoms with Crippen LogP contribution in [-0.2, 0) is 11.8 Å². The van der Waals surface area contributed by atoms with Gasteiger partial charge in [0.05, 0.1) is 11.5 Å². The average molecular weight is 184 g/mol. The number of benzene rings is 1. The van der Waals surface area contributed by atoms with Crippen molar-refractivity contribution in [2.24, 2.45) is 0 Å². The van der Waals surface area contributed by atoms with Crippen molar-refractivity contribution in [3.63, 3.8) is 0 Å². The number of rotatable bonds is 1. The van der Waals surface area contributed by atoms with E-state index in [1.165, 1.54) is 16.8 Å². The fourth-order valence-corrected chi connectivity index (χ4v) is 2.19. The van der Waals surface area contributed by atoms with Gasteiger partial charge in [0, 0.05) is 12.2 Å². The van der Waals surface area contributed by atoms with Gasteiger partial charge in [0.15, 0.2) is 0 Å². The highest BCUT2D eigenvalue weighted by atomic mass is 14.9. The van der Waals surface area contributed by atoms with E-state index in [4.69, 9.17) is 5.26 Å². The molecule has 1 aliphatic carbocycles. The molecule has 0 spiro atoms. The fourth-order valence-electron chi connectivity index (χ4n) is 2.19. The Morgan fingerprint density at radius 1 is 1.36 bits per heavy atom. The molecule has 1 fully saturated rings. The molecular formula is C12H12N2. The minimum atomic E-state index is -0.127. The number of fused-ring (bicyclic) bond motifs is 1. The van der Waals surface area contributed by atoms with Crippen LogP contribution in [0.3, 0.4) is 0 Å². The Labute approximate surface area is 83.6 Å². The maximum absolute atomic E-state index is 9.09. The molecule has 14 heavy (non-hydrogen) atoms. The molecule has 0 bridgehead atoms. The van der Waals surface area contributed by atoms with Crippen molar-refractivity contribution in [3.05, 3.63) is 29.3 Å². The lowest BCUT2D eigenvalue weighted by molar-refractivity contribution is 0.905. The van der Waals surface area contributed by atoms with Crippen LogP contribution >= 0.6 is 0 Å². The summed E-state index contributed by atoms with van der Waals surface area (Å²) in [4.78, 5) is 0. The third-order valence-corrected chi connectivity index (χ3v) is 3.33. The average Bonchev–Trinajstić information content (AvgIpc) is 2.89. The Hall–Kier alpha value is -1.49. The number of hydrogen-bond donors (Lipinski definition) is 1. The zero-order valence-electron chi connectivity index (χ0n) is 8.01. The van der Waals surface area contributed by atoms with E-state index < -0.39 is 0 Å². The number of nitrogens with zero attached hydrogens (tertiary/aromatic N) is 1. The zero-order valence-corrected chi connectivity index (χ0v) is 8.01. The highest BCUT2D eigenvalue weighted by Crippen LogP contribution is 2.48. The van der Waals surface area contributed by atoms with Crippen LogP contribution in [0.2, 0.25) is 0 Å². The van der Waals surface area contributed by atoms with Crippen molar-refractivity contribution in [3.8, 4) is 6.07 Å². The zero-order chi connectivity index (χ0) is 9.60. The molecule has 1 aromatic rings. The first-order valence-corrected chi connectivity index (χ1v) is 5.13. The molecule has 1 aromatic carbocycles. The predicted molar refractivity (Wildman–Crippen MR) is 55.2 cm³/mol. The van der Waals surface area contributed by atoms with Gasteiger partial charge in [-0.05, 0) is 36.5 Å². The number of nitrogens with one attached hydrogen (secondary N) is 1. The number of nitriles is 1. The van der Waals surface area contributed by atoms with Crippen LogP contribution in [0.25, 0.3) is 0 Å². The molecule has 2 nitrogen and oxygen atoms in total. The minimum Gasteiger partial charge on any atom is -0.384 e. The topological polar surface area (TPSA) is 35.8 Å². The summed E-state index contributed by atoms with van der Waals surface area (Å²) in [6, 6.07) is 8.88. The first-order chi connectivity index (χ1) is 6.84. The van der Waals surface area contributed by atoms with E-state index >= 15 is 0 Å². The number of anilines is 1. The van der Waals surface area contributed by atoms with Gasteiger partial charge in [-0.2, -0.15) is 5.26 Å². The van der Waals surface area contributed by atoms with E-state index in [1.54, 1.807) is 0 Å². The summed E-state index contributed by atoms with van der Waals surface area (Å²) in [7, 11) is 0. The predicted octanol–water partition coefficient (Wildman–Crippen LogP) is 2.21. The second-order valence-corrected chi connectivity index (χ2v) is 4.24. The first-order valence-electron chi connectivity index (χ1n) is 5.13. The molecule has 1 heterocycles. The Morgan fingerprint density at radius 2 is 2.21 bits per heavy atom. The van der Waals surface area contributed by atoms with Crippen LogP contribution < -0.4 is 5.32 Å². The van der Waals surface area contributed by atoms with Crippen LogP contribution in [0.1, 0.15) is 24.0 Å². The number of hydrogen-bond acceptors (Lipinski definition) is 2. The lowest BCUT2D eigenvalue weighted by Gasteiger charge is -2.08. The first kappa shape index (κ1) is 7.87. The highest BCUT2D eigenvalue weighted by Gasteiger charge is 2.45. The van der Waals surface area contributed by atoms with Gasteiger partial charge < -0.3 is 5.32 Å². The van der Waals surface area contributed by atoms with Gasteiger partial charge >= 0.3 is 0 Å². The van der Waals surface area contributed by atoms with Crippen molar-refractivity contribution >= 4 is 5.69 Å². The molecule has 1 aliphatic heterocycles. The Morgan fingerprint density at radius 3 is 2.93 bits per heavy atom. The van der Waals surface area contributed by atoms with Crippen LogP contribution in [0, 0.1) is 11.3 Å². The smallest absolute Gasteiger partial charge is 0.0823 e. The summed E-state index contributed by atoms with van der Waals surface area (Å²) < 4.78 is 0. The summed E-state index contributed by atoms with van der Waals surface area (Å²) in [6.07, 6.45) is 3.18. The summed E-state index contributed by atoms with van der Waals surface area (Å²) in [5.74, 6) is 0. The standard InChI is InChI=1S/C12H12N2/c13-8-12(4-5-12)10-1-2-11-9(7-10)3-6-14-11/h1-2,7,14H,3-6H2. The van der Waals surface area contributed by atoms with Gasteiger partial charge in [0.1, 0.15) is 0 Å². The van der Waals surface area contributed by atoms with Crippen LogP contribution in [0.5, 0.6) is 0 Å². The molecule has 0 unspecified atom stereocenters. The molecule has 0 amide bonds. The van der Waals surface area contributed by atoms with Crippen LogP contribution in [0.4, 0.5) is 5.69 Å². The Bertz CT molecular complexity index is 424. The Kier molecular flexibility index (Phi) is 1.41. The quantitative estimate of drug-likeness (QED) is 0.726. The molecule has 1 saturated carbocycles. The maximum Gasteiger partial charge on any atom is 0.0823 e. The van der Waals surface area contributed by atoms with Crippen molar-refractivity contribution in [1.82, 2.24) is 0 Å². The molecule has 3 rings (SSSR count). The van der Waals surface area contributed by atoms with Gasteiger partial charge in [-0.25, -0.2) is 0 Å². The molecule has 0 radical (unpaired) electrons. The fraction of sp³-hybridized carbons (Fsp3) is 0.417. The third-order valence-electron chi connectivity index (χ3n) is 3.33. The van der Waals surface area contributed by atoms with E-state index in [0.717, 1.165) is 25.8 Å². The summed E-state index contributed by atoms with van der Waals surface area (Å²) >= 11 is 0. The summed E-state index contributed by atoms with van der Waals surface area (Å²) in [5, 5.41) is 12.4. The van der Waals surface area contributed by atoms with E-state index in [1.807, 2.05) is 0 Å². The maximum atomic E-state index is 9.09. The van der Waals surface area contributed by atoms with E-state index in [0.29, 0.717) is 0 Å². The van der Waals surface area contributed by atoms with Crippen LogP contribution in [0.15, 0.2) is 18.2 Å². The molecule has 0 aromatic heterocycles. The normalized spacial score (nSPS) is 20.8. The van der Waals surface area contributed by atoms with Crippen molar-refractivity contribution in [2.75, 3.05) is 11.9 Å². The molecular weight excluding hydrogens is 172 g/mol.